The number of carboxylic acids is 1. The predicted molar refractivity (Wildman–Crippen MR) is 86.8 cm³/mol. The van der Waals surface area contributed by atoms with Crippen molar-refractivity contribution in [2.45, 2.75) is 16.7 Å². The summed E-state index contributed by atoms with van der Waals surface area (Å²) in [7, 11) is 0. The first kappa shape index (κ1) is 16.5. The highest BCUT2D eigenvalue weighted by Crippen LogP contribution is 2.34. The van der Waals surface area contributed by atoms with E-state index >= 15 is 0 Å². The maximum absolute atomic E-state index is 12.5. The zero-order valence-electron chi connectivity index (χ0n) is 12.1. The van der Waals surface area contributed by atoms with Crippen LogP contribution < -0.4 is 10.0 Å². The molecule has 1 saturated heterocycles. The number of thioether (sulfide) groups is 1. The van der Waals surface area contributed by atoms with Crippen LogP contribution in [0.15, 0.2) is 47.6 Å². The minimum absolute atomic E-state index is 0.0326. The molecule has 0 N–H and O–H groups in total. The molecule has 0 unspecified atom stereocenters. The van der Waals surface area contributed by atoms with Crippen LogP contribution in [0, 0.1) is 0 Å². The largest absolute Gasteiger partial charge is 0.545 e. The summed E-state index contributed by atoms with van der Waals surface area (Å²) in [5, 5.41) is 11.0. The summed E-state index contributed by atoms with van der Waals surface area (Å²) in [6, 6.07) is 9.16. The van der Waals surface area contributed by atoms with E-state index in [1.807, 2.05) is 0 Å². The normalized spacial score (nSPS) is 17.4. The molecule has 24 heavy (non-hydrogen) atoms. The molecular weight excluding hydrogens is 352 g/mol. The number of aromatic nitrogens is 1. The van der Waals surface area contributed by atoms with Crippen LogP contribution in [-0.2, 0) is 9.59 Å². The molecule has 1 aliphatic rings. The van der Waals surface area contributed by atoms with E-state index < -0.39 is 17.1 Å². The van der Waals surface area contributed by atoms with E-state index in [4.69, 9.17) is 11.6 Å². The second kappa shape index (κ2) is 6.62. The van der Waals surface area contributed by atoms with Gasteiger partial charge in [0.1, 0.15) is 5.03 Å². The van der Waals surface area contributed by atoms with Gasteiger partial charge < -0.3 is 9.90 Å². The summed E-state index contributed by atoms with van der Waals surface area (Å²) in [4.78, 5) is 40.9. The molecule has 0 saturated carbocycles. The van der Waals surface area contributed by atoms with Crippen molar-refractivity contribution in [2.24, 2.45) is 0 Å². The second-order valence-corrected chi connectivity index (χ2v) is 6.63. The predicted octanol–water partition coefficient (Wildman–Crippen LogP) is 1.52. The Kier molecular flexibility index (Phi) is 4.55. The lowest BCUT2D eigenvalue weighted by Crippen LogP contribution is -2.31. The first-order valence-corrected chi connectivity index (χ1v) is 8.18. The lowest BCUT2D eigenvalue weighted by molar-refractivity contribution is -0.255. The molecule has 0 radical (unpaired) electrons. The Morgan fingerprint density at radius 3 is 2.62 bits per heavy atom. The maximum atomic E-state index is 12.5. The highest BCUT2D eigenvalue weighted by atomic mass is 35.5. The van der Waals surface area contributed by atoms with Gasteiger partial charge in [-0.2, -0.15) is 0 Å². The molecule has 2 amide bonds. The fraction of sp³-hybridized carbons (Fsp3) is 0.125. The van der Waals surface area contributed by atoms with Gasteiger partial charge in [0, 0.05) is 23.2 Å². The minimum Gasteiger partial charge on any atom is -0.545 e. The quantitative estimate of drug-likeness (QED) is 0.767. The molecule has 0 spiro atoms. The summed E-state index contributed by atoms with van der Waals surface area (Å²) in [5.41, 5.74) is 0.325. The van der Waals surface area contributed by atoms with Gasteiger partial charge in [-0.15, -0.1) is 0 Å². The average molecular weight is 362 g/mol. The zero-order valence-corrected chi connectivity index (χ0v) is 13.7. The SMILES string of the molecule is O=C([O-])c1cccnc1S[C@H]1CC(=O)N(c2ccc(Cl)cc2)C1=O. The fourth-order valence-electron chi connectivity index (χ4n) is 2.33. The van der Waals surface area contributed by atoms with Crippen LogP contribution in [0.4, 0.5) is 5.69 Å². The highest BCUT2D eigenvalue weighted by molar-refractivity contribution is 8.00. The van der Waals surface area contributed by atoms with Crippen molar-refractivity contribution in [1.29, 1.82) is 0 Å². The molecule has 1 aromatic carbocycles. The summed E-state index contributed by atoms with van der Waals surface area (Å²) < 4.78 is 0. The van der Waals surface area contributed by atoms with Gasteiger partial charge in [0.05, 0.1) is 16.9 Å². The number of imide groups is 1. The zero-order chi connectivity index (χ0) is 17.3. The number of carboxylic acid groups (broad SMARTS) is 1. The topological polar surface area (TPSA) is 90.4 Å². The number of hydrogen-bond acceptors (Lipinski definition) is 6. The minimum atomic E-state index is -1.38. The summed E-state index contributed by atoms with van der Waals surface area (Å²) in [5.74, 6) is -2.15. The van der Waals surface area contributed by atoms with Crippen LogP contribution in [0.25, 0.3) is 0 Å². The fourth-order valence-corrected chi connectivity index (χ4v) is 3.56. The number of halogens is 1. The first-order chi connectivity index (χ1) is 11.5. The Morgan fingerprint density at radius 2 is 1.96 bits per heavy atom. The molecule has 6 nitrogen and oxygen atoms in total. The molecule has 122 valence electrons. The third-order valence-electron chi connectivity index (χ3n) is 3.44. The van der Waals surface area contributed by atoms with Crippen molar-refractivity contribution in [1.82, 2.24) is 4.98 Å². The van der Waals surface area contributed by atoms with Crippen LogP contribution in [-0.4, -0.2) is 28.0 Å². The van der Waals surface area contributed by atoms with Crippen LogP contribution in [0.1, 0.15) is 16.8 Å². The van der Waals surface area contributed by atoms with Gasteiger partial charge in [-0.05, 0) is 36.4 Å². The lowest BCUT2D eigenvalue weighted by atomic mass is 10.3. The summed E-state index contributed by atoms with van der Waals surface area (Å²) in [6.45, 7) is 0. The van der Waals surface area contributed by atoms with Crippen molar-refractivity contribution in [3.8, 4) is 0 Å². The third kappa shape index (κ3) is 3.13. The third-order valence-corrected chi connectivity index (χ3v) is 4.89. The molecule has 1 atom stereocenters. The van der Waals surface area contributed by atoms with Gasteiger partial charge in [-0.3, -0.25) is 9.59 Å². The van der Waals surface area contributed by atoms with Crippen molar-refractivity contribution < 1.29 is 19.5 Å². The number of nitrogens with zero attached hydrogens (tertiary/aromatic N) is 2. The molecular formula is C16H10ClN2O4S-. The van der Waals surface area contributed by atoms with Gasteiger partial charge in [0.2, 0.25) is 11.8 Å². The van der Waals surface area contributed by atoms with Crippen molar-refractivity contribution >= 4 is 46.8 Å². The van der Waals surface area contributed by atoms with Crippen molar-refractivity contribution in [3.63, 3.8) is 0 Å². The Labute approximate surface area is 146 Å². The maximum Gasteiger partial charge on any atom is 0.247 e. The standard InChI is InChI=1S/C16H11ClN2O4S/c17-9-3-5-10(6-4-9)19-13(20)8-12(15(19)21)24-14-11(16(22)23)2-1-7-18-14/h1-7,12H,8H2,(H,22,23)/p-1/t12-/m0/s1. The van der Waals surface area contributed by atoms with E-state index in [0.717, 1.165) is 16.7 Å². The molecule has 1 aromatic heterocycles. The molecule has 1 aliphatic heterocycles. The molecule has 0 bridgehead atoms. The van der Waals surface area contributed by atoms with E-state index in [0.29, 0.717) is 10.7 Å². The van der Waals surface area contributed by atoms with E-state index in [1.54, 1.807) is 24.3 Å². The molecule has 8 heteroatoms. The second-order valence-electron chi connectivity index (χ2n) is 5.00. The van der Waals surface area contributed by atoms with Gasteiger partial charge in [0.25, 0.3) is 0 Å². The van der Waals surface area contributed by atoms with Crippen molar-refractivity contribution in [2.75, 3.05) is 4.90 Å². The first-order valence-electron chi connectivity index (χ1n) is 6.93. The van der Waals surface area contributed by atoms with E-state index in [9.17, 15) is 19.5 Å². The number of carbonyl (C=O) groups is 3. The smallest absolute Gasteiger partial charge is 0.247 e. The Balaban J connectivity index is 1.85. The van der Waals surface area contributed by atoms with Gasteiger partial charge in [-0.1, -0.05) is 23.4 Å². The molecule has 0 aliphatic carbocycles. The van der Waals surface area contributed by atoms with Crippen LogP contribution in [0.2, 0.25) is 5.02 Å². The van der Waals surface area contributed by atoms with Gasteiger partial charge >= 0.3 is 0 Å². The van der Waals surface area contributed by atoms with E-state index in [2.05, 4.69) is 4.98 Å². The average Bonchev–Trinajstić information content (AvgIpc) is 2.83. The highest BCUT2D eigenvalue weighted by Gasteiger charge is 2.40. The Hall–Kier alpha value is -2.38. The van der Waals surface area contributed by atoms with Gasteiger partial charge in [-0.25, -0.2) is 9.88 Å². The van der Waals surface area contributed by atoms with E-state index in [-0.39, 0.29) is 22.9 Å². The van der Waals surface area contributed by atoms with Crippen LogP contribution >= 0.6 is 23.4 Å². The van der Waals surface area contributed by atoms with E-state index in [1.165, 1.54) is 18.3 Å². The van der Waals surface area contributed by atoms with Crippen LogP contribution in [0.3, 0.4) is 0 Å². The number of pyridine rings is 1. The number of benzene rings is 1. The molecule has 2 heterocycles. The Morgan fingerprint density at radius 1 is 1.25 bits per heavy atom. The van der Waals surface area contributed by atoms with Crippen molar-refractivity contribution in [3.05, 3.63) is 53.2 Å². The number of anilines is 1. The number of aromatic carboxylic acids is 1. The number of rotatable bonds is 4. The summed E-state index contributed by atoms with van der Waals surface area (Å²) in [6.07, 6.45) is 1.39. The number of hydrogen-bond donors (Lipinski definition) is 0. The molecule has 3 rings (SSSR count). The number of carbonyl (C=O) groups excluding carboxylic acids is 3. The Bertz CT molecular complexity index is 825. The number of amides is 2. The van der Waals surface area contributed by atoms with Crippen LogP contribution in [0.5, 0.6) is 0 Å². The molecule has 1 fully saturated rings. The molecule has 2 aromatic rings. The van der Waals surface area contributed by atoms with Gasteiger partial charge in [0.15, 0.2) is 0 Å². The lowest BCUT2D eigenvalue weighted by Gasteiger charge is -2.15. The summed E-state index contributed by atoms with van der Waals surface area (Å²) >= 11 is 6.76. The monoisotopic (exact) mass is 361 g/mol.